The highest BCUT2D eigenvalue weighted by Crippen LogP contribution is 2.29. The van der Waals surface area contributed by atoms with Gasteiger partial charge < -0.3 is 9.64 Å². The molecule has 2 aromatic carbocycles. The molecule has 0 unspecified atom stereocenters. The van der Waals surface area contributed by atoms with Crippen molar-refractivity contribution in [2.24, 2.45) is 0 Å². The number of benzene rings is 2. The van der Waals surface area contributed by atoms with Crippen molar-refractivity contribution >= 4 is 12.0 Å². The van der Waals surface area contributed by atoms with Gasteiger partial charge in [0.15, 0.2) is 0 Å². The van der Waals surface area contributed by atoms with E-state index in [0.29, 0.717) is 17.9 Å². The van der Waals surface area contributed by atoms with Gasteiger partial charge in [-0.15, -0.1) is 0 Å². The predicted molar refractivity (Wildman–Crippen MR) is 112 cm³/mol. The second-order valence-corrected chi connectivity index (χ2v) is 6.90. The number of rotatable bonds is 7. The van der Waals surface area contributed by atoms with Gasteiger partial charge in [0.05, 0.1) is 11.3 Å². The fraction of sp³-hybridized carbons (Fsp3) is 0.167. The number of aromatic nitrogens is 1. The summed E-state index contributed by atoms with van der Waals surface area (Å²) in [7, 11) is 1.60. The van der Waals surface area contributed by atoms with E-state index in [4.69, 9.17) is 4.74 Å². The largest absolute Gasteiger partial charge is 0.487 e. The summed E-state index contributed by atoms with van der Waals surface area (Å²) in [6.45, 7) is 0.574. The zero-order valence-corrected chi connectivity index (χ0v) is 16.8. The summed E-state index contributed by atoms with van der Waals surface area (Å²) in [6.07, 6.45) is 0.433. The van der Waals surface area contributed by atoms with Crippen LogP contribution in [0.3, 0.4) is 0 Å². The summed E-state index contributed by atoms with van der Waals surface area (Å²) in [5.74, 6) is 0.434. The van der Waals surface area contributed by atoms with Crippen LogP contribution >= 0.6 is 0 Å². The third-order valence-corrected chi connectivity index (χ3v) is 4.49. The molecular weight excluding hydrogens is 405 g/mol. The van der Waals surface area contributed by atoms with E-state index in [1.165, 1.54) is 23.1 Å². The van der Waals surface area contributed by atoms with Gasteiger partial charge in [-0.05, 0) is 53.6 Å². The van der Waals surface area contributed by atoms with Crippen LogP contribution < -0.4 is 4.74 Å². The molecule has 0 bridgehead atoms. The number of likely N-dealkylation sites (N-methyl/N-ethyl adjacent to an activating group) is 1. The van der Waals surface area contributed by atoms with Crippen molar-refractivity contribution in [1.29, 1.82) is 0 Å². The summed E-state index contributed by atoms with van der Waals surface area (Å²) < 4.78 is 43.6. The van der Waals surface area contributed by atoms with Crippen molar-refractivity contribution in [3.05, 3.63) is 101 Å². The smallest absolute Gasteiger partial charge is 0.416 e. The van der Waals surface area contributed by atoms with Gasteiger partial charge in [-0.25, -0.2) is 0 Å². The van der Waals surface area contributed by atoms with Crippen LogP contribution in [0.4, 0.5) is 13.2 Å². The van der Waals surface area contributed by atoms with Crippen molar-refractivity contribution < 1.29 is 22.7 Å². The van der Waals surface area contributed by atoms with E-state index in [1.54, 1.807) is 31.5 Å². The third kappa shape index (κ3) is 6.70. The first-order valence-electron chi connectivity index (χ1n) is 9.53. The lowest BCUT2D eigenvalue weighted by atomic mass is 10.1. The molecule has 0 radical (unpaired) electrons. The normalized spacial score (nSPS) is 11.5. The Morgan fingerprint density at radius 2 is 1.74 bits per heavy atom. The van der Waals surface area contributed by atoms with Crippen LogP contribution in [0, 0.1) is 0 Å². The second-order valence-electron chi connectivity index (χ2n) is 6.90. The zero-order chi connectivity index (χ0) is 22.3. The molecule has 0 aliphatic carbocycles. The maximum absolute atomic E-state index is 12.6. The summed E-state index contributed by atoms with van der Waals surface area (Å²) in [5.41, 5.74) is 1.55. The molecular formula is C24H21F3N2O2. The maximum Gasteiger partial charge on any atom is 0.416 e. The van der Waals surface area contributed by atoms with Crippen molar-refractivity contribution in [2.75, 3.05) is 7.05 Å². The van der Waals surface area contributed by atoms with Crippen LogP contribution in [-0.2, 0) is 24.1 Å². The van der Waals surface area contributed by atoms with E-state index in [1.807, 2.05) is 30.3 Å². The maximum atomic E-state index is 12.6. The Labute approximate surface area is 178 Å². The van der Waals surface area contributed by atoms with Crippen LogP contribution in [0.5, 0.6) is 5.75 Å². The number of nitrogens with zero attached hydrogens (tertiary/aromatic N) is 2. The van der Waals surface area contributed by atoms with E-state index < -0.39 is 11.7 Å². The molecule has 0 saturated carbocycles. The van der Waals surface area contributed by atoms with Gasteiger partial charge in [-0.3, -0.25) is 9.78 Å². The molecule has 0 aliphatic rings. The van der Waals surface area contributed by atoms with Gasteiger partial charge in [-0.2, -0.15) is 13.2 Å². The summed E-state index contributed by atoms with van der Waals surface area (Å²) in [5, 5.41) is 0. The minimum Gasteiger partial charge on any atom is -0.487 e. The highest BCUT2D eigenvalue weighted by Gasteiger charge is 2.29. The lowest BCUT2D eigenvalue weighted by Gasteiger charge is -2.16. The Morgan fingerprint density at radius 3 is 2.35 bits per heavy atom. The molecule has 31 heavy (non-hydrogen) atoms. The first-order valence-corrected chi connectivity index (χ1v) is 9.53. The van der Waals surface area contributed by atoms with Crippen LogP contribution in [0.25, 0.3) is 6.08 Å². The first kappa shape index (κ1) is 22.1. The lowest BCUT2D eigenvalue weighted by Crippen LogP contribution is -2.24. The minimum atomic E-state index is -4.37. The fourth-order valence-electron chi connectivity index (χ4n) is 2.76. The molecule has 1 heterocycles. The molecule has 1 amide bonds. The molecule has 0 fully saturated rings. The van der Waals surface area contributed by atoms with Gasteiger partial charge in [0.1, 0.15) is 12.4 Å². The average Bonchev–Trinajstić information content (AvgIpc) is 2.77. The summed E-state index contributed by atoms with van der Waals surface area (Å²) in [6, 6.07) is 17.7. The number of amides is 1. The zero-order valence-electron chi connectivity index (χ0n) is 16.8. The van der Waals surface area contributed by atoms with Crippen molar-refractivity contribution in [1.82, 2.24) is 9.88 Å². The van der Waals surface area contributed by atoms with Crippen LogP contribution in [0.15, 0.2) is 79.0 Å². The highest BCUT2D eigenvalue weighted by molar-refractivity contribution is 5.91. The molecule has 4 nitrogen and oxygen atoms in total. The quantitative estimate of drug-likeness (QED) is 0.478. The molecule has 0 saturated heterocycles. The van der Waals surface area contributed by atoms with E-state index >= 15 is 0 Å². The summed E-state index contributed by atoms with van der Waals surface area (Å²) >= 11 is 0. The Bertz CT molecular complexity index is 1020. The molecule has 0 spiro atoms. The molecule has 0 N–H and O–H groups in total. The van der Waals surface area contributed by atoms with Gasteiger partial charge >= 0.3 is 6.18 Å². The Morgan fingerprint density at radius 1 is 1.03 bits per heavy atom. The van der Waals surface area contributed by atoms with Crippen molar-refractivity contribution in [3.8, 4) is 5.75 Å². The number of ether oxygens (including phenoxy) is 1. The molecule has 3 aromatic rings. The standard InChI is InChI=1S/C24H21F3N2O2/c1-29(16-19-5-10-20(11-6-19)24(25,26)27)23(30)14-9-18-7-12-22(13-8-18)31-17-21-4-2-3-15-28-21/h2-15H,16-17H2,1H3/b14-9+. The Balaban J connectivity index is 1.51. The van der Waals surface area contributed by atoms with Gasteiger partial charge in [-0.1, -0.05) is 30.3 Å². The third-order valence-electron chi connectivity index (χ3n) is 4.49. The number of pyridine rings is 1. The lowest BCUT2D eigenvalue weighted by molar-refractivity contribution is -0.137. The van der Waals surface area contributed by atoms with Crippen LogP contribution in [0.2, 0.25) is 0 Å². The second kappa shape index (κ2) is 9.93. The van der Waals surface area contributed by atoms with E-state index in [0.717, 1.165) is 23.4 Å². The predicted octanol–water partition coefficient (Wildman–Crippen LogP) is 5.35. The molecule has 0 atom stereocenters. The monoisotopic (exact) mass is 426 g/mol. The van der Waals surface area contributed by atoms with Crippen molar-refractivity contribution in [3.63, 3.8) is 0 Å². The van der Waals surface area contributed by atoms with Crippen LogP contribution in [0.1, 0.15) is 22.4 Å². The molecule has 1 aromatic heterocycles. The number of hydrogen-bond donors (Lipinski definition) is 0. The van der Waals surface area contributed by atoms with E-state index in [-0.39, 0.29) is 12.5 Å². The van der Waals surface area contributed by atoms with Crippen LogP contribution in [-0.4, -0.2) is 22.8 Å². The minimum absolute atomic E-state index is 0.210. The average molecular weight is 426 g/mol. The number of alkyl halides is 3. The molecule has 0 aliphatic heterocycles. The Hall–Kier alpha value is -3.61. The SMILES string of the molecule is CN(Cc1ccc(C(F)(F)F)cc1)C(=O)/C=C/c1ccc(OCc2ccccn2)cc1. The van der Waals surface area contributed by atoms with Gasteiger partial charge in [0.25, 0.3) is 0 Å². The van der Waals surface area contributed by atoms with Gasteiger partial charge in [0, 0.05) is 25.9 Å². The first-order chi connectivity index (χ1) is 14.8. The number of hydrogen-bond acceptors (Lipinski definition) is 3. The fourth-order valence-corrected chi connectivity index (χ4v) is 2.76. The van der Waals surface area contributed by atoms with Crippen molar-refractivity contribution in [2.45, 2.75) is 19.3 Å². The molecule has 7 heteroatoms. The Kier molecular flexibility index (Phi) is 7.07. The highest BCUT2D eigenvalue weighted by atomic mass is 19.4. The molecule has 160 valence electrons. The number of halogens is 3. The van der Waals surface area contributed by atoms with Gasteiger partial charge in [0.2, 0.25) is 5.91 Å². The van der Waals surface area contributed by atoms with E-state index in [2.05, 4.69) is 4.98 Å². The topological polar surface area (TPSA) is 42.4 Å². The van der Waals surface area contributed by atoms with E-state index in [9.17, 15) is 18.0 Å². The summed E-state index contributed by atoms with van der Waals surface area (Å²) in [4.78, 5) is 17.9. The molecule has 3 rings (SSSR count). The number of carbonyl (C=O) groups excluding carboxylic acids is 1. The number of carbonyl (C=O) groups is 1.